The van der Waals surface area contributed by atoms with Crippen molar-refractivity contribution in [3.63, 3.8) is 0 Å². The van der Waals surface area contributed by atoms with Gasteiger partial charge in [-0.1, -0.05) is 23.5 Å². The predicted molar refractivity (Wildman–Crippen MR) is 136 cm³/mol. The lowest BCUT2D eigenvalue weighted by Crippen LogP contribution is -2.32. The topological polar surface area (TPSA) is 85.2 Å². The lowest BCUT2D eigenvalue weighted by Gasteiger charge is -2.20. The molecule has 9 heteroatoms. The summed E-state index contributed by atoms with van der Waals surface area (Å²) < 4.78 is 28.0. The molecule has 0 saturated heterocycles. The van der Waals surface area contributed by atoms with Crippen LogP contribution in [0.1, 0.15) is 41.8 Å². The van der Waals surface area contributed by atoms with Gasteiger partial charge in [-0.25, -0.2) is 18.4 Å². The average Bonchev–Trinajstić information content (AvgIpc) is 3.50. The van der Waals surface area contributed by atoms with E-state index in [0.29, 0.717) is 17.2 Å². The molecule has 2 aromatic carbocycles. The van der Waals surface area contributed by atoms with Crippen LogP contribution in [-0.2, 0) is 16.4 Å². The van der Waals surface area contributed by atoms with Crippen molar-refractivity contribution in [1.82, 2.24) is 14.5 Å². The summed E-state index contributed by atoms with van der Waals surface area (Å²) in [5.74, 6) is -0.200. The first-order valence-electron chi connectivity index (χ1n) is 11.2. The van der Waals surface area contributed by atoms with E-state index in [2.05, 4.69) is 11.1 Å². The van der Waals surface area contributed by atoms with Gasteiger partial charge in [0.2, 0.25) is 0 Å². The molecule has 0 spiro atoms. The molecule has 0 aliphatic heterocycles. The van der Waals surface area contributed by atoms with E-state index in [1.165, 1.54) is 23.5 Å². The van der Waals surface area contributed by atoms with Gasteiger partial charge < -0.3 is 4.57 Å². The van der Waals surface area contributed by atoms with Crippen LogP contribution < -0.4 is 4.90 Å². The van der Waals surface area contributed by atoms with Crippen LogP contribution in [0.5, 0.6) is 0 Å². The van der Waals surface area contributed by atoms with Gasteiger partial charge in [-0.15, -0.1) is 0 Å². The third-order valence-electron chi connectivity index (χ3n) is 5.81. The number of imidazole rings is 1. The van der Waals surface area contributed by atoms with Gasteiger partial charge in [0.25, 0.3) is 5.91 Å². The minimum absolute atomic E-state index is 0.200. The Morgan fingerprint density at radius 1 is 1.09 bits per heavy atom. The second-order valence-electron chi connectivity index (χ2n) is 8.60. The molecule has 0 aliphatic carbocycles. The van der Waals surface area contributed by atoms with Crippen molar-refractivity contribution < 1.29 is 13.2 Å². The number of benzene rings is 2. The van der Waals surface area contributed by atoms with Gasteiger partial charge in [0.05, 0.1) is 26.7 Å². The van der Waals surface area contributed by atoms with Crippen LogP contribution >= 0.6 is 11.3 Å². The van der Waals surface area contributed by atoms with Crippen LogP contribution in [-0.4, -0.2) is 40.7 Å². The summed E-state index contributed by atoms with van der Waals surface area (Å²) in [6.45, 7) is 8.55. The molecular formula is C25H28N4O3S2. The van der Waals surface area contributed by atoms with E-state index >= 15 is 0 Å². The number of fused-ring (bicyclic) bond motifs is 1. The maximum Gasteiger partial charge on any atom is 0.260 e. The van der Waals surface area contributed by atoms with Crippen LogP contribution in [0.15, 0.2) is 60.0 Å². The summed E-state index contributed by atoms with van der Waals surface area (Å²) in [6.07, 6.45) is 6.10. The SMILES string of the molecule is Cc1ccc(C)c2sc(N(CCCn3ccnc3)C(=O)c3ccc(S(=O)(=O)C(C)C)cc3)nc12. The largest absolute Gasteiger partial charge is 0.337 e. The van der Waals surface area contributed by atoms with Gasteiger partial charge >= 0.3 is 0 Å². The summed E-state index contributed by atoms with van der Waals surface area (Å²) in [5.41, 5.74) is 3.53. The molecule has 0 aliphatic rings. The number of aryl methyl sites for hydroxylation is 3. The fraction of sp³-hybridized carbons (Fsp3) is 0.320. The van der Waals surface area contributed by atoms with Gasteiger partial charge in [0.1, 0.15) is 0 Å². The monoisotopic (exact) mass is 496 g/mol. The molecule has 4 rings (SSSR count). The van der Waals surface area contributed by atoms with E-state index < -0.39 is 15.1 Å². The minimum atomic E-state index is -3.40. The van der Waals surface area contributed by atoms with Gasteiger partial charge in [-0.2, -0.15) is 0 Å². The number of carbonyl (C=O) groups excluding carboxylic acids is 1. The number of thiazole rings is 1. The number of anilines is 1. The molecule has 0 fully saturated rings. The summed E-state index contributed by atoms with van der Waals surface area (Å²) in [5, 5.41) is 0.116. The molecule has 178 valence electrons. The lowest BCUT2D eigenvalue weighted by molar-refractivity contribution is 0.0986. The molecule has 0 atom stereocenters. The number of aromatic nitrogens is 3. The molecule has 0 radical (unpaired) electrons. The first kappa shape index (κ1) is 24.1. The normalized spacial score (nSPS) is 11.9. The van der Waals surface area contributed by atoms with Crippen molar-refractivity contribution >= 4 is 42.4 Å². The predicted octanol–water partition coefficient (Wildman–Crippen LogP) is 5.03. The third-order valence-corrected chi connectivity index (χ3v) is 9.20. The highest BCUT2D eigenvalue weighted by molar-refractivity contribution is 7.92. The second-order valence-corrected chi connectivity index (χ2v) is 12.1. The van der Waals surface area contributed by atoms with Crippen LogP contribution in [0, 0.1) is 13.8 Å². The summed E-state index contributed by atoms with van der Waals surface area (Å²) >= 11 is 1.51. The molecule has 7 nitrogen and oxygen atoms in total. The number of carbonyl (C=O) groups is 1. The van der Waals surface area contributed by atoms with E-state index in [-0.39, 0.29) is 10.8 Å². The number of rotatable bonds is 8. The fourth-order valence-electron chi connectivity index (χ4n) is 3.69. The number of nitrogens with zero attached hydrogens (tertiary/aromatic N) is 4. The zero-order valence-electron chi connectivity index (χ0n) is 19.7. The zero-order valence-corrected chi connectivity index (χ0v) is 21.4. The lowest BCUT2D eigenvalue weighted by atomic mass is 10.1. The second kappa shape index (κ2) is 9.68. The third kappa shape index (κ3) is 4.76. The van der Waals surface area contributed by atoms with Gasteiger partial charge in [-0.05, 0) is 69.5 Å². The Morgan fingerprint density at radius 3 is 2.41 bits per heavy atom. The highest BCUT2D eigenvalue weighted by Gasteiger charge is 2.24. The maximum atomic E-state index is 13.6. The zero-order chi connectivity index (χ0) is 24.5. The van der Waals surface area contributed by atoms with E-state index in [1.807, 2.05) is 30.7 Å². The van der Waals surface area contributed by atoms with E-state index in [9.17, 15) is 13.2 Å². The molecule has 2 aromatic heterocycles. The molecule has 4 aromatic rings. The van der Waals surface area contributed by atoms with Crippen LogP contribution in [0.3, 0.4) is 0 Å². The van der Waals surface area contributed by atoms with E-state index in [0.717, 1.165) is 34.3 Å². The smallest absolute Gasteiger partial charge is 0.260 e. The molecule has 0 saturated carbocycles. The Labute approximate surface area is 204 Å². The summed E-state index contributed by atoms with van der Waals surface area (Å²) in [7, 11) is -3.40. The maximum absolute atomic E-state index is 13.6. The Hall–Kier alpha value is -3.04. The number of hydrogen-bond donors (Lipinski definition) is 0. The Balaban J connectivity index is 1.67. The van der Waals surface area contributed by atoms with E-state index in [1.54, 1.807) is 43.4 Å². The first-order chi connectivity index (χ1) is 16.2. The number of sulfone groups is 1. The van der Waals surface area contributed by atoms with Crippen molar-refractivity contribution in [3.05, 3.63) is 71.8 Å². The molecule has 0 N–H and O–H groups in total. The first-order valence-corrected chi connectivity index (χ1v) is 13.5. The number of hydrogen-bond acceptors (Lipinski definition) is 6. The van der Waals surface area contributed by atoms with Crippen LogP contribution in [0.4, 0.5) is 5.13 Å². The highest BCUT2D eigenvalue weighted by Crippen LogP contribution is 2.34. The average molecular weight is 497 g/mol. The van der Waals surface area contributed by atoms with Crippen LogP contribution in [0.25, 0.3) is 10.2 Å². The Bertz CT molecular complexity index is 1370. The minimum Gasteiger partial charge on any atom is -0.337 e. The van der Waals surface area contributed by atoms with Crippen molar-refractivity contribution in [2.45, 2.75) is 50.8 Å². The standard InChI is InChI=1S/C25H28N4O3S2/c1-17(2)34(31,32)21-10-8-20(9-11-21)24(30)29(14-5-13-28-15-12-26-16-28)25-27-22-18(3)6-7-19(4)23(22)33-25/h6-12,15-17H,5,13-14H2,1-4H3. The molecule has 0 unspecified atom stereocenters. The Morgan fingerprint density at radius 2 is 1.79 bits per heavy atom. The van der Waals surface area contributed by atoms with Crippen molar-refractivity contribution in [3.8, 4) is 0 Å². The van der Waals surface area contributed by atoms with Crippen molar-refractivity contribution in [2.24, 2.45) is 0 Å². The molecule has 0 bridgehead atoms. The quantitative estimate of drug-likeness (QED) is 0.342. The van der Waals surface area contributed by atoms with Crippen molar-refractivity contribution in [2.75, 3.05) is 11.4 Å². The molecule has 34 heavy (non-hydrogen) atoms. The molecule has 1 amide bonds. The van der Waals surface area contributed by atoms with Gasteiger partial charge in [0.15, 0.2) is 15.0 Å². The fourth-order valence-corrected chi connectivity index (χ4v) is 5.89. The Kier molecular flexibility index (Phi) is 6.86. The van der Waals surface area contributed by atoms with Crippen molar-refractivity contribution in [1.29, 1.82) is 0 Å². The van der Waals surface area contributed by atoms with Gasteiger partial charge in [-0.3, -0.25) is 9.69 Å². The van der Waals surface area contributed by atoms with Gasteiger partial charge in [0, 0.05) is 31.0 Å². The van der Waals surface area contributed by atoms with Crippen LogP contribution in [0.2, 0.25) is 0 Å². The molecule has 2 heterocycles. The highest BCUT2D eigenvalue weighted by atomic mass is 32.2. The number of amides is 1. The summed E-state index contributed by atoms with van der Waals surface area (Å²) in [4.78, 5) is 24.4. The van der Waals surface area contributed by atoms with E-state index in [4.69, 9.17) is 4.98 Å². The summed E-state index contributed by atoms with van der Waals surface area (Å²) in [6, 6.07) is 10.3. The molecular weight excluding hydrogens is 468 g/mol.